The van der Waals surface area contributed by atoms with Crippen LogP contribution >= 0.6 is 0 Å². The molecule has 1 fully saturated rings. The summed E-state index contributed by atoms with van der Waals surface area (Å²) in [5, 5.41) is 3.68. The summed E-state index contributed by atoms with van der Waals surface area (Å²) in [5.41, 5.74) is 8.56. The van der Waals surface area contributed by atoms with E-state index in [9.17, 15) is 13.2 Å². The molecule has 8 heteroatoms. The van der Waals surface area contributed by atoms with Crippen molar-refractivity contribution in [3.8, 4) is 0 Å². The first-order chi connectivity index (χ1) is 18.4. The summed E-state index contributed by atoms with van der Waals surface area (Å²) in [6, 6.07) is 21.0. The lowest BCUT2D eigenvalue weighted by Gasteiger charge is -2.40. The number of amides is 1. The van der Waals surface area contributed by atoms with Gasteiger partial charge < -0.3 is 15.1 Å². The molecule has 1 atom stereocenters. The zero-order valence-electron chi connectivity index (χ0n) is 23.4. The molecule has 0 bridgehead atoms. The Hall–Kier alpha value is -3.52. The van der Waals surface area contributed by atoms with Gasteiger partial charge >= 0.3 is 0 Å². The van der Waals surface area contributed by atoms with Gasteiger partial charge in [-0.2, -0.15) is 0 Å². The van der Waals surface area contributed by atoms with Crippen molar-refractivity contribution in [2.45, 2.75) is 45.6 Å². The summed E-state index contributed by atoms with van der Waals surface area (Å²) in [6.45, 7) is 12.6. The van der Waals surface area contributed by atoms with E-state index in [0.29, 0.717) is 5.56 Å². The molecule has 2 heterocycles. The minimum atomic E-state index is -3.62. The van der Waals surface area contributed by atoms with Gasteiger partial charge in [0.15, 0.2) is 0 Å². The molecule has 5 rings (SSSR count). The standard InChI is InChI=1S/C31H38N4O3S/c1-21-9-12-29(22(2)17-21)35-15-13-34(14-16-35)25-8-6-7-23(18-25)28-20-31(3,4)26-19-24(10-11-27(26)32-28)30(36)33-39(5,37)38/h6-12,17-19,28,32H,13-16,20H2,1-5H3,(H,33,36). The Kier molecular flexibility index (Phi) is 7.10. The Morgan fingerprint density at radius 3 is 2.36 bits per heavy atom. The average molecular weight is 547 g/mol. The number of nitrogens with one attached hydrogen (secondary N) is 2. The Morgan fingerprint density at radius 2 is 1.67 bits per heavy atom. The molecule has 2 N–H and O–H groups in total. The van der Waals surface area contributed by atoms with Crippen LogP contribution in [0.15, 0.2) is 60.7 Å². The van der Waals surface area contributed by atoms with E-state index in [0.717, 1.165) is 50.1 Å². The van der Waals surface area contributed by atoms with E-state index in [4.69, 9.17) is 0 Å². The van der Waals surface area contributed by atoms with Crippen molar-refractivity contribution in [1.29, 1.82) is 0 Å². The lowest BCUT2D eigenvalue weighted by Crippen LogP contribution is -2.46. The number of carbonyl (C=O) groups excluding carboxylic acids is 1. The maximum Gasteiger partial charge on any atom is 0.264 e. The predicted octanol–water partition coefficient (Wildman–Crippen LogP) is 5.15. The quantitative estimate of drug-likeness (QED) is 0.461. The Balaban J connectivity index is 1.31. The van der Waals surface area contributed by atoms with E-state index in [2.05, 4.69) is 90.0 Å². The summed E-state index contributed by atoms with van der Waals surface area (Å²) in [7, 11) is -3.62. The van der Waals surface area contributed by atoms with Crippen LogP contribution in [0.5, 0.6) is 0 Å². The smallest absolute Gasteiger partial charge is 0.264 e. The number of piperazine rings is 1. The van der Waals surface area contributed by atoms with E-state index in [1.807, 2.05) is 12.1 Å². The topological polar surface area (TPSA) is 81.8 Å². The molecule has 1 unspecified atom stereocenters. The van der Waals surface area contributed by atoms with E-state index < -0.39 is 15.9 Å². The molecule has 0 radical (unpaired) electrons. The van der Waals surface area contributed by atoms with Crippen molar-refractivity contribution in [3.63, 3.8) is 0 Å². The van der Waals surface area contributed by atoms with Gasteiger partial charge in [-0.15, -0.1) is 0 Å². The second kappa shape index (κ2) is 10.2. The molecule has 1 amide bonds. The SMILES string of the molecule is Cc1ccc(N2CCN(c3cccc(C4CC(C)(C)c5cc(C(=O)NS(C)(=O)=O)ccc5N4)c3)CC2)c(C)c1. The highest BCUT2D eigenvalue weighted by Gasteiger charge is 2.34. The number of sulfonamides is 1. The molecule has 0 spiro atoms. The van der Waals surface area contributed by atoms with Crippen molar-refractivity contribution < 1.29 is 13.2 Å². The third kappa shape index (κ3) is 5.91. The van der Waals surface area contributed by atoms with Gasteiger partial charge in [-0.05, 0) is 78.8 Å². The molecule has 0 aliphatic carbocycles. The second-order valence-corrected chi connectivity index (χ2v) is 13.4. The van der Waals surface area contributed by atoms with Crippen LogP contribution in [0.3, 0.4) is 0 Å². The minimum absolute atomic E-state index is 0.125. The number of fused-ring (bicyclic) bond motifs is 1. The van der Waals surface area contributed by atoms with Crippen LogP contribution in [0.4, 0.5) is 17.1 Å². The van der Waals surface area contributed by atoms with Crippen molar-refractivity contribution >= 4 is 33.0 Å². The molecule has 2 aliphatic heterocycles. The van der Waals surface area contributed by atoms with Crippen molar-refractivity contribution in [2.24, 2.45) is 0 Å². The van der Waals surface area contributed by atoms with Crippen LogP contribution in [0.25, 0.3) is 0 Å². The first kappa shape index (κ1) is 27.1. The number of anilines is 3. The summed E-state index contributed by atoms with van der Waals surface area (Å²) in [5.74, 6) is -0.608. The molecule has 1 saturated heterocycles. The highest BCUT2D eigenvalue weighted by atomic mass is 32.2. The van der Waals surface area contributed by atoms with Crippen LogP contribution in [0, 0.1) is 13.8 Å². The molecule has 0 saturated carbocycles. The van der Waals surface area contributed by atoms with Crippen LogP contribution in [0.2, 0.25) is 0 Å². The van der Waals surface area contributed by atoms with Crippen LogP contribution in [0.1, 0.15) is 58.9 Å². The van der Waals surface area contributed by atoms with Gasteiger partial charge in [0.25, 0.3) is 5.91 Å². The fourth-order valence-corrected chi connectivity index (χ4v) is 6.42. The number of benzene rings is 3. The number of nitrogens with zero attached hydrogens (tertiary/aromatic N) is 2. The highest BCUT2D eigenvalue weighted by Crippen LogP contribution is 2.44. The number of rotatable bonds is 5. The van der Waals surface area contributed by atoms with Crippen LogP contribution in [-0.4, -0.2) is 46.8 Å². The van der Waals surface area contributed by atoms with Gasteiger partial charge in [0, 0.05) is 48.8 Å². The first-order valence-corrected chi connectivity index (χ1v) is 15.4. The predicted molar refractivity (Wildman–Crippen MR) is 160 cm³/mol. The van der Waals surface area contributed by atoms with Gasteiger partial charge in [-0.25, -0.2) is 13.1 Å². The van der Waals surface area contributed by atoms with Crippen LogP contribution < -0.4 is 19.8 Å². The monoisotopic (exact) mass is 546 g/mol. The molecule has 3 aromatic carbocycles. The molecule has 39 heavy (non-hydrogen) atoms. The average Bonchev–Trinajstić information content (AvgIpc) is 2.87. The lowest BCUT2D eigenvalue weighted by molar-refractivity contribution is 0.0981. The van der Waals surface area contributed by atoms with Gasteiger partial charge in [0.2, 0.25) is 10.0 Å². The van der Waals surface area contributed by atoms with E-state index in [-0.39, 0.29) is 11.5 Å². The van der Waals surface area contributed by atoms with Gasteiger partial charge in [-0.3, -0.25) is 4.79 Å². The van der Waals surface area contributed by atoms with Crippen molar-refractivity contribution in [3.05, 3.63) is 88.5 Å². The molecule has 206 valence electrons. The maximum absolute atomic E-state index is 12.4. The molecule has 2 aliphatic rings. The highest BCUT2D eigenvalue weighted by molar-refractivity contribution is 7.89. The first-order valence-electron chi connectivity index (χ1n) is 13.5. The van der Waals surface area contributed by atoms with Crippen molar-refractivity contribution in [1.82, 2.24) is 4.72 Å². The number of hydrogen-bond acceptors (Lipinski definition) is 6. The molecule has 0 aromatic heterocycles. The number of carbonyl (C=O) groups is 1. The van der Waals surface area contributed by atoms with E-state index >= 15 is 0 Å². The molecular weight excluding hydrogens is 508 g/mol. The Labute approximate surface area is 232 Å². The molecular formula is C31H38N4O3S. The van der Waals surface area contributed by atoms with E-state index in [1.165, 1.54) is 28.1 Å². The third-order valence-corrected chi connectivity index (χ3v) is 8.50. The van der Waals surface area contributed by atoms with E-state index in [1.54, 1.807) is 6.07 Å². The largest absolute Gasteiger partial charge is 0.378 e. The Morgan fingerprint density at radius 1 is 0.949 bits per heavy atom. The van der Waals surface area contributed by atoms with Gasteiger partial charge in [-0.1, -0.05) is 43.7 Å². The fourth-order valence-electron chi connectivity index (χ4n) is 5.96. The summed E-state index contributed by atoms with van der Waals surface area (Å²) in [4.78, 5) is 17.4. The minimum Gasteiger partial charge on any atom is -0.378 e. The zero-order valence-corrected chi connectivity index (χ0v) is 24.2. The van der Waals surface area contributed by atoms with Crippen LogP contribution in [-0.2, 0) is 15.4 Å². The second-order valence-electron chi connectivity index (χ2n) is 11.6. The Bertz CT molecular complexity index is 1510. The lowest BCUT2D eigenvalue weighted by atomic mass is 9.73. The fraction of sp³-hybridized carbons (Fsp3) is 0.387. The third-order valence-electron chi connectivity index (χ3n) is 7.94. The van der Waals surface area contributed by atoms with Gasteiger partial charge in [0.05, 0.1) is 12.3 Å². The number of hydrogen-bond donors (Lipinski definition) is 2. The van der Waals surface area contributed by atoms with Gasteiger partial charge in [0.1, 0.15) is 0 Å². The molecule has 7 nitrogen and oxygen atoms in total. The maximum atomic E-state index is 12.4. The zero-order chi connectivity index (χ0) is 27.9. The van der Waals surface area contributed by atoms with Crippen molar-refractivity contribution in [2.75, 3.05) is 47.6 Å². The normalized spacial score (nSPS) is 18.7. The summed E-state index contributed by atoms with van der Waals surface area (Å²) < 4.78 is 25.1. The summed E-state index contributed by atoms with van der Waals surface area (Å²) in [6.07, 6.45) is 1.83. The molecule has 3 aromatic rings. The number of aryl methyl sites for hydroxylation is 2. The summed E-state index contributed by atoms with van der Waals surface area (Å²) >= 11 is 0.